The number of aliphatic hydroxyl groups excluding tert-OH is 1. The molecule has 0 aliphatic heterocycles. The second-order valence-electron chi connectivity index (χ2n) is 3.99. The third-order valence-electron chi connectivity index (χ3n) is 2.48. The van der Waals surface area contributed by atoms with E-state index in [0.717, 1.165) is 7.11 Å². The van der Waals surface area contributed by atoms with Gasteiger partial charge in [-0.2, -0.15) is 0 Å². The Kier molecular flexibility index (Phi) is 6.15. The number of carbonyl (C=O) groups excluding carboxylic acids is 3. The number of ether oxygens (including phenoxy) is 2. The highest BCUT2D eigenvalue weighted by Gasteiger charge is 2.16. The molecule has 0 aromatic heterocycles. The van der Waals surface area contributed by atoms with Crippen LogP contribution in [0.5, 0.6) is 5.75 Å². The first kappa shape index (κ1) is 16.4. The lowest BCUT2D eigenvalue weighted by molar-refractivity contribution is -0.150. The average Bonchev–Trinajstić information content (AvgIpc) is 2.49. The molecule has 1 aromatic rings. The number of hydrogen-bond donors (Lipinski definition) is 3. The van der Waals surface area contributed by atoms with Gasteiger partial charge < -0.3 is 25.6 Å². The van der Waals surface area contributed by atoms with E-state index in [2.05, 4.69) is 10.1 Å². The van der Waals surface area contributed by atoms with Crippen LogP contribution in [0.1, 0.15) is 10.4 Å². The Balaban J connectivity index is 2.47. The number of hydrogen-bond acceptors (Lipinski definition) is 6. The van der Waals surface area contributed by atoms with Gasteiger partial charge in [-0.3, -0.25) is 9.59 Å². The summed E-state index contributed by atoms with van der Waals surface area (Å²) in [7, 11) is 1.12. The summed E-state index contributed by atoms with van der Waals surface area (Å²) in [5, 5.41) is 11.6. The normalized spacial score (nSPS) is 11.3. The molecule has 1 unspecified atom stereocenters. The quantitative estimate of drug-likeness (QED) is 0.543. The van der Waals surface area contributed by atoms with Crippen LogP contribution in [-0.2, 0) is 14.3 Å². The first-order valence-corrected chi connectivity index (χ1v) is 6.00. The Bertz CT molecular complexity index is 531. The molecule has 2 amide bonds. The third-order valence-corrected chi connectivity index (χ3v) is 2.48. The number of para-hydroxylation sites is 1. The summed E-state index contributed by atoms with van der Waals surface area (Å²) in [6.45, 7) is -0.690. The van der Waals surface area contributed by atoms with Crippen molar-refractivity contribution in [3.8, 4) is 5.75 Å². The summed E-state index contributed by atoms with van der Waals surface area (Å²) < 4.78 is 9.46. The molecule has 1 rings (SSSR count). The lowest BCUT2D eigenvalue weighted by atomic mass is 10.2. The first-order chi connectivity index (χ1) is 9.95. The monoisotopic (exact) mass is 296 g/mol. The predicted octanol–water partition coefficient (Wildman–Crippen LogP) is -1.19. The number of aliphatic hydroxyl groups is 1. The van der Waals surface area contributed by atoms with Crippen molar-refractivity contribution in [2.45, 2.75) is 6.10 Å². The van der Waals surface area contributed by atoms with Gasteiger partial charge in [-0.1, -0.05) is 12.1 Å². The molecule has 114 valence electrons. The number of esters is 1. The van der Waals surface area contributed by atoms with E-state index in [-0.39, 0.29) is 17.9 Å². The molecule has 0 radical (unpaired) electrons. The zero-order chi connectivity index (χ0) is 15.8. The summed E-state index contributed by atoms with van der Waals surface area (Å²) in [4.78, 5) is 33.6. The van der Waals surface area contributed by atoms with E-state index in [4.69, 9.17) is 10.5 Å². The summed E-state index contributed by atoms with van der Waals surface area (Å²) >= 11 is 0. The van der Waals surface area contributed by atoms with E-state index in [1.807, 2.05) is 0 Å². The van der Waals surface area contributed by atoms with Crippen LogP contribution >= 0.6 is 0 Å². The maximum Gasteiger partial charge on any atom is 0.336 e. The SMILES string of the molecule is COC(=O)C(O)CNC(=O)COc1ccccc1C(N)=O. The topological polar surface area (TPSA) is 128 Å². The largest absolute Gasteiger partial charge is 0.483 e. The Hall–Kier alpha value is -2.61. The van der Waals surface area contributed by atoms with Gasteiger partial charge in [0.15, 0.2) is 12.7 Å². The molecule has 21 heavy (non-hydrogen) atoms. The van der Waals surface area contributed by atoms with Gasteiger partial charge in [0.25, 0.3) is 11.8 Å². The van der Waals surface area contributed by atoms with Gasteiger partial charge in [-0.05, 0) is 12.1 Å². The Morgan fingerprint density at radius 1 is 1.33 bits per heavy atom. The lowest BCUT2D eigenvalue weighted by Gasteiger charge is -2.11. The molecule has 8 heteroatoms. The summed E-state index contributed by atoms with van der Waals surface area (Å²) in [5.41, 5.74) is 5.32. The minimum absolute atomic E-state index is 0.153. The number of nitrogens with two attached hydrogens (primary N) is 1. The maximum absolute atomic E-state index is 11.5. The van der Waals surface area contributed by atoms with Crippen molar-refractivity contribution in [3.05, 3.63) is 29.8 Å². The van der Waals surface area contributed by atoms with Crippen LogP contribution in [0.3, 0.4) is 0 Å². The van der Waals surface area contributed by atoms with Gasteiger partial charge in [-0.25, -0.2) is 4.79 Å². The van der Waals surface area contributed by atoms with E-state index in [0.29, 0.717) is 0 Å². The van der Waals surface area contributed by atoms with Crippen LogP contribution in [0.15, 0.2) is 24.3 Å². The summed E-state index contributed by atoms with van der Waals surface area (Å²) in [6, 6.07) is 6.20. The van der Waals surface area contributed by atoms with Gasteiger partial charge in [-0.15, -0.1) is 0 Å². The number of amides is 2. The molecule has 0 fully saturated rings. The molecule has 8 nitrogen and oxygen atoms in total. The molecule has 4 N–H and O–H groups in total. The summed E-state index contributed by atoms with van der Waals surface area (Å²) in [6.07, 6.45) is -1.45. The molecule has 0 aliphatic rings. The number of primary amides is 1. The Labute approximate surface area is 120 Å². The smallest absolute Gasteiger partial charge is 0.336 e. The fourth-order valence-electron chi connectivity index (χ4n) is 1.42. The standard InChI is InChI=1S/C13H16N2O6/c1-20-13(19)9(16)6-15-11(17)7-21-10-5-3-2-4-8(10)12(14)18/h2-5,9,16H,6-7H2,1H3,(H2,14,18)(H,15,17). The zero-order valence-electron chi connectivity index (χ0n) is 11.4. The number of benzene rings is 1. The fraction of sp³-hybridized carbons (Fsp3) is 0.308. The van der Waals surface area contributed by atoms with Gasteiger partial charge in [0.1, 0.15) is 5.75 Å². The van der Waals surface area contributed by atoms with Crippen molar-refractivity contribution < 1.29 is 29.0 Å². The third kappa shape index (κ3) is 5.11. The van der Waals surface area contributed by atoms with Gasteiger partial charge >= 0.3 is 5.97 Å². The number of nitrogens with one attached hydrogen (secondary N) is 1. The Morgan fingerprint density at radius 3 is 2.62 bits per heavy atom. The number of rotatable bonds is 7. The van der Waals surface area contributed by atoms with Crippen LogP contribution in [0, 0.1) is 0 Å². The summed E-state index contributed by atoms with van der Waals surface area (Å²) in [5.74, 6) is -1.92. The lowest BCUT2D eigenvalue weighted by Crippen LogP contribution is -2.39. The molecular formula is C13H16N2O6. The zero-order valence-corrected chi connectivity index (χ0v) is 11.4. The van der Waals surface area contributed by atoms with E-state index in [9.17, 15) is 19.5 Å². The fourth-order valence-corrected chi connectivity index (χ4v) is 1.42. The van der Waals surface area contributed by atoms with Crippen molar-refractivity contribution in [2.75, 3.05) is 20.3 Å². The van der Waals surface area contributed by atoms with E-state index in [1.165, 1.54) is 12.1 Å². The van der Waals surface area contributed by atoms with Crippen molar-refractivity contribution in [1.29, 1.82) is 0 Å². The molecule has 0 saturated carbocycles. The molecule has 0 bridgehead atoms. The molecular weight excluding hydrogens is 280 g/mol. The molecule has 1 atom stereocenters. The van der Waals surface area contributed by atoms with Gasteiger partial charge in [0, 0.05) is 0 Å². The molecule has 1 aromatic carbocycles. The van der Waals surface area contributed by atoms with Crippen LogP contribution in [0.25, 0.3) is 0 Å². The van der Waals surface area contributed by atoms with Crippen LogP contribution in [0.2, 0.25) is 0 Å². The van der Waals surface area contributed by atoms with Crippen LogP contribution < -0.4 is 15.8 Å². The van der Waals surface area contributed by atoms with Crippen LogP contribution in [-0.4, -0.2) is 49.3 Å². The van der Waals surface area contributed by atoms with Crippen molar-refractivity contribution >= 4 is 17.8 Å². The highest BCUT2D eigenvalue weighted by atomic mass is 16.5. The highest BCUT2D eigenvalue weighted by Crippen LogP contribution is 2.16. The first-order valence-electron chi connectivity index (χ1n) is 6.00. The van der Waals surface area contributed by atoms with E-state index >= 15 is 0 Å². The minimum Gasteiger partial charge on any atom is -0.483 e. The minimum atomic E-state index is -1.45. The predicted molar refractivity (Wildman–Crippen MR) is 71.5 cm³/mol. The molecule has 0 heterocycles. The number of carbonyl (C=O) groups is 3. The Morgan fingerprint density at radius 2 is 2.00 bits per heavy atom. The van der Waals surface area contributed by atoms with E-state index < -0.39 is 30.5 Å². The van der Waals surface area contributed by atoms with Crippen LogP contribution in [0.4, 0.5) is 0 Å². The highest BCUT2D eigenvalue weighted by molar-refractivity contribution is 5.95. The van der Waals surface area contributed by atoms with Gasteiger partial charge in [0.05, 0.1) is 19.2 Å². The maximum atomic E-state index is 11.5. The molecule has 0 spiro atoms. The average molecular weight is 296 g/mol. The second-order valence-corrected chi connectivity index (χ2v) is 3.99. The molecule has 0 saturated heterocycles. The van der Waals surface area contributed by atoms with Gasteiger partial charge in [0.2, 0.25) is 0 Å². The second kappa shape index (κ2) is 7.85. The van der Waals surface area contributed by atoms with Crippen molar-refractivity contribution in [1.82, 2.24) is 5.32 Å². The van der Waals surface area contributed by atoms with Crippen molar-refractivity contribution in [3.63, 3.8) is 0 Å². The number of methoxy groups -OCH3 is 1. The van der Waals surface area contributed by atoms with Crippen molar-refractivity contribution in [2.24, 2.45) is 5.73 Å². The molecule has 0 aliphatic carbocycles. The van der Waals surface area contributed by atoms with E-state index in [1.54, 1.807) is 12.1 Å².